The average Bonchev–Trinajstić information content (AvgIpc) is 2.81. The Morgan fingerprint density at radius 1 is 1.22 bits per heavy atom. The first-order valence-electron chi connectivity index (χ1n) is 7.07. The molecule has 0 aromatic carbocycles. The van der Waals surface area contributed by atoms with Crippen LogP contribution in [0, 0.1) is 0 Å². The number of hydrogen-bond acceptors (Lipinski definition) is 6. The van der Waals surface area contributed by atoms with Gasteiger partial charge in [0.25, 0.3) is 5.91 Å². The van der Waals surface area contributed by atoms with Crippen molar-refractivity contribution in [3.8, 4) is 0 Å². The smallest absolute Gasteiger partial charge is 0.341 e. The van der Waals surface area contributed by atoms with Crippen molar-refractivity contribution in [2.24, 2.45) is 5.73 Å². The van der Waals surface area contributed by atoms with E-state index in [1.165, 1.54) is 18.3 Å². The fourth-order valence-corrected chi connectivity index (χ4v) is 3.73. The number of aryl methyl sites for hydroxylation is 1. The van der Waals surface area contributed by atoms with E-state index in [1.807, 2.05) is 5.32 Å². The van der Waals surface area contributed by atoms with Gasteiger partial charge in [0, 0.05) is 11.8 Å². The number of primary amides is 1. The molecule has 0 unspecified atom stereocenters. The maximum atomic E-state index is 12.3. The summed E-state index contributed by atoms with van der Waals surface area (Å²) >= 11 is 1.36. The zero-order valence-electron chi connectivity index (χ0n) is 12.6. The fraction of sp³-hybridized carbons (Fsp3) is 0.429. The second kappa shape index (κ2) is 7.23. The summed E-state index contributed by atoms with van der Waals surface area (Å²) in [6.45, 7) is 0.736. The van der Waals surface area contributed by atoms with Crippen LogP contribution in [-0.4, -0.2) is 30.4 Å². The third-order valence-corrected chi connectivity index (χ3v) is 4.47. The lowest BCUT2D eigenvalue weighted by molar-refractivity contribution is -0.123. The molecular weight excluding hydrogens is 322 g/mol. The first-order valence-corrected chi connectivity index (χ1v) is 7.88. The van der Waals surface area contributed by atoms with Crippen molar-refractivity contribution in [1.29, 1.82) is 0 Å². The van der Waals surface area contributed by atoms with Crippen molar-refractivity contribution in [1.82, 2.24) is 5.32 Å². The summed E-state index contributed by atoms with van der Waals surface area (Å²) in [5.74, 6) is -1.80. The van der Waals surface area contributed by atoms with Crippen LogP contribution in [-0.2, 0) is 27.2 Å². The number of anilines is 1. The molecule has 0 fully saturated rings. The Kier molecular flexibility index (Phi) is 5.32. The van der Waals surface area contributed by atoms with E-state index < -0.39 is 24.5 Å². The lowest BCUT2D eigenvalue weighted by Gasteiger charge is -2.12. The van der Waals surface area contributed by atoms with Gasteiger partial charge in [-0.2, -0.15) is 0 Å². The maximum absolute atomic E-state index is 12.3. The molecule has 0 radical (unpaired) electrons. The van der Waals surface area contributed by atoms with Crippen molar-refractivity contribution in [2.75, 3.05) is 11.9 Å². The molecular formula is C14H17N3O5S. The van der Waals surface area contributed by atoms with Crippen LogP contribution in [0.1, 0.15) is 40.6 Å². The number of carbonyl (C=O) groups is 4. The third kappa shape index (κ3) is 4.28. The Morgan fingerprint density at radius 2 is 1.91 bits per heavy atom. The van der Waals surface area contributed by atoms with Gasteiger partial charge in [0.2, 0.25) is 5.91 Å². The lowest BCUT2D eigenvalue weighted by atomic mass is 9.95. The van der Waals surface area contributed by atoms with Gasteiger partial charge in [0.1, 0.15) is 5.00 Å². The third-order valence-electron chi connectivity index (χ3n) is 3.26. The molecule has 23 heavy (non-hydrogen) atoms. The molecule has 0 atom stereocenters. The molecule has 0 saturated carbocycles. The highest BCUT2D eigenvalue weighted by Gasteiger charge is 2.27. The quantitative estimate of drug-likeness (QED) is 0.703. The number of urea groups is 1. The number of fused-ring (bicyclic) bond motifs is 1. The Morgan fingerprint density at radius 3 is 2.57 bits per heavy atom. The van der Waals surface area contributed by atoms with E-state index in [4.69, 9.17) is 10.5 Å². The molecule has 0 saturated heterocycles. The summed E-state index contributed by atoms with van der Waals surface area (Å²) < 4.78 is 4.93. The molecule has 1 aromatic rings. The van der Waals surface area contributed by atoms with E-state index in [-0.39, 0.29) is 5.91 Å². The largest absolute Gasteiger partial charge is 0.452 e. The minimum absolute atomic E-state index is 0.288. The molecule has 4 N–H and O–H groups in total. The number of nitrogens with one attached hydrogen (secondary N) is 2. The molecule has 124 valence electrons. The van der Waals surface area contributed by atoms with Gasteiger partial charge in [0.15, 0.2) is 6.61 Å². The predicted molar refractivity (Wildman–Crippen MR) is 83.3 cm³/mol. The zero-order chi connectivity index (χ0) is 17.0. The van der Waals surface area contributed by atoms with E-state index in [0.29, 0.717) is 10.6 Å². The molecule has 0 aliphatic heterocycles. The van der Waals surface area contributed by atoms with Crippen LogP contribution in [0.2, 0.25) is 0 Å². The molecule has 8 nitrogen and oxygen atoms in total. The second-order valence-electron chi connectivity index (χ2n) is 5.08. The summed E-state index contributed by atoms with van der Waals surface area (Å²) in [5, 5.41) is 4.88. The predicted octanol–water partition coefficient (Wildman–Crippen LogP) is 0.937. The number of carbonyl (C=O) groups excluding carboxylic acids is 4. The molecule has 1 aliphatic rings. The minimum atomic E-state index is -1.02. The number of amides is 4. The van der Waals surface area contributed by atoms with Crippen LogP contribution in [0.25, 0.3) is 0 Å². The first-order chi connectivity index (χ1) is 10.9. The monoisotopic (exact) mass is 339 g/mol. The molecule has 0 spiro atoms. The van der Waals surface area contributed by atoms with Crippen molar-refractivity contribution in [3.05, 3.63) is 16.0 Å². The maximum Gasteiger partial charge on any atom is 0.341 e. The van der Waals surface area contributed by atoms with Gasteiger partial charge in [-0.05, 0) is 31.2 Å². The van der Waals surface area contributed by atoms with Gasteiger partial charge in [-0.15, -0.1) is 11.3 Å². The summed E-state index contributed by atoms with van der Waals surface area (Å²) in [6.07, 6.45) is 3.56. The highest BCUT2D eigenvalue weighted by molar-refractivity contribution is 7.17. The Balaban J connectivity index is 2.17. The van der Waals surface area contributed by atoms with E-state index in [1.54, 1.807) is 0 Å². The van der Waals surface area contributed by atoms with Crippen LogP contribution < -0.4 is 16.4 Å². The van der Waals surface area contributed by atoms with Gasteiger partial charge in [-0.25, -0.2) is 9.59 Å². The minimum Gasteiger partial charge on any atom is -0.452 e. The van der Waals surface area contributed by atoms with Crippen molar-refractivity contribution < 1.29 is 23.9 Å². The number of esters is 1. The molecule has 4 amide bonds. The first kappa shape index (κ1) is 16.9. The zero-order valence-corrected chi connectivity index (χ0v) is 13.4. The van der Waals surface area contributed by atoms with Crippen LogP contribution in [0.5, 0.6) is 0 Å². The molecule has 1 aliphatic carbocycles. The molecule has 2 rings (SSSR count). The van der Waals surface area contributed by atoms with Crippen LogP contribution in [0.3, 0.4) is 0 Å². The number of rotatable bonds is 4. The van der Waals surface area contributed by atoms with E-state index in [9.17, 15) is 19.2 Å². The summed E-state index contributed by atoms with van der Waals surface area (Å²) in [4.78, 5) is 46.5. The number of imide groups is 1. The SMILES string of the molecule is CC(=O)Nc1sc2c(c1C(=O)OCC(=O)NC(N)=O)CCCC2. The molecule has 9 heteroatoms. The second-order valence-corrected chi connectivity index (χ2v) is 6.19. The Bertz CT molecular complexity index is 668. The Hall–Kier alpha value is -2.42. The highest BCUT2D eigenvalue weighted by atomic mass is 32.1. The molecule has 0 bridgehead atoms. The average molecular weight is 339 g/mol. The van der Waals surface area contributed by atoms with E-state index >= 15 is 0 Å². The van der Waals surface area contributed by atoms with Gasteiger partial charge >= 0.3 is 12.0 Å². The fourth-order valence-electron chi connectivity index (χ4n) is 2.41. The van der Waals surface area contributed by atoms with Crippen molar-refractivity contribution in [3.63, 3.8) is 0 Å². The van der Waals surface area contributed by atoms with E-state index in [2.05, 4.69) is 5.32 Å². The van der Waals surface area contributed by atoms with Crippen molar-refractivity contribution >= 4 is 40.2 Å². The van der Waals surface area contributed by atoms with Crippen LogP contribution in [0.4, 0.5) is 9.80 Å². The highest BCUT2D eigenvalue weighted by Crippen LogP contribution is 2.38. The van der Waals surface area contributed by atoms with Gasteiger partial charge < -0.3 is 15.8 Å². The molecule has 1 aromatic heterocycles. The summed E-state index contributed by atoms with van der Waals surface area (Å²) in [6, 6.07) is -1.02. The summed E-state index contributed by atoms with van der Waals surface area (Å²) in [7, 11) is 0. The lowest BCUT2D eigenvalue weighted by Crippen LogP contribution is -2.37. The normalized spacial score (nSPS) is 12.9. The Labute approximate surface area is 136 Å². The van der Waals surface area contributed by atoms with Crippen LogP contribution in [0.15, 0.2) is 0 Å². The van der Waals surface area contributed by atoms with Gasteiger partial charge in [0.05, 0.1) is 5.56 Å². The number of hydrogen-bond donors (Lipinski definition) is 3. The summed E-state index contributed by atoms with van der Waals surface area (Å²) in [5.41, 5.74) is 5.97. The number of nitrogens with two attached hydrogens (primary N) is 1. The number of ether oxygens (including phenoxy) is 1. The van der Waals surface area contributed by atoms with Gasteiger partial charge in [-0.1, -0.05) is 0 Å². The van der Waals surface area contributed by atoms with Gasteiger partial charge in [-0.3, -0.25) is 14.9 Å². The standard InChI is InChI=1S/C14H17N3O5S/c1-7(18)16-12-11(8-4-2-3-5-9(8)23-12)13(20)22-6-10(19)17-14(15)21/h2-6H2,1H3,(H,16,18)(H3,15,17,19,21). The van der Waals surface area contributed by atoms with Crippen molar-refractivity contribution in [2.45, 2.75) is 32.6 Å². The molecule has 1 heterocycles. The topological polar surface area (TPSA) is 128 Å². The van der Waals surface area contributed by atoms with Crippen LogP contribution >= 0.6 is 11.3 Å². The number of thiophene rings is 1. The van der Waals surface area contributed by atoms with E-state index in [0.717, 1.165) is 36.1 Å².